The lowest BCUT2D eigenvalue weighted by Gasteiger charge is -2.08. The van der Waals surface area contributed by atoms with Gasteiger partial charge in [-0.15, -0.1) is 0 Å². The number of hydrogen-bond donors (Lipinski definition) is 2. The predicted molar refractivity (Wildman–Crippen MR) is 71.9 cm³/mol. The van der Waals surface area contributed by atoms with Crippen molar-refractivity contribution in [2.75, 3.05) is 5.32 Å². The molecule has 3 N–H and O–H groups in total. The van der Waals surface area contributed by atoms with Crippen LogP contribution in [-0.4, -0.2) is 16.8 Å². The van der Waals surface area contributed by atoms with Crippen molar-refractivity contribution in [3.8, 4) is 0 Å². The number of carbonyl (C=O) groups is 2. The zero-order valence-electron chi connectivity index (χ0n) is 10.4. The molecule has 0 saturated heterocycles. The number of nitrogens with one attached hydrogen (secondary N) is 1. The van der Waals surface area contributed by atoms with Crippen LogP contribution < -0.4 is 11.1 Å². The van der Waals surface area contributed by atoms with Crippen molar-refractivity contribution in [3.63, 3.8) is 0 Å². The molecule has 1 aromatic carbocycles. The molecule has 2 amide bonds. The molecule has 0 atom stereocenters. The number of anilines is 1. The van der Waals surface area contributed by atoms with Crippen LogP contribution in [0.3, 0.4) is 0 Å². The Labute approximate surface area is 110 Å². The summed E-state index contributed by atoms with van der Waals surface area (Å²) in [4.78, 5) is 26.9. The molecule has 19 heavy (non-hydrogen) atoms. The number of para-hydroxylation sites is 1. The maximum Gasteiger partial charge on any atom is 0.257 e. The number of carbonyl (C=O) groups excluding carboxylic acids is 2. The SMILES string of the molecule is Cc1ccccc1NC(=O)c1cncc(C(N)=O)c1. The largest absolute Gasteiger partial charge is 0.366 e. The van der Waals surface area contributed by atoms with Crippen molar-refractivity contribution >= 4 is 17.5 Å². The third kappa shape index (κ3) is 2.95. The van der Waals surface area contributed by atoms with Gasteiger partial charge < -0.3 is 11.1 Å². The Morgan fingerprint density at radius 3 is 2.53 bits per heavy atom. The molecular formula is C14H13N3O2. The lowest BCUT2D eigenvalue weighted by Crippen LogP contribution is -2.16. The second kappa shape index (κ2) is 5.30. The maximum absolute atomic E-state index is 12.0. The van der Waals surface area contributed by atoms with E-state index in [1.54, 1.807) is 6.07 Å². The Kier molecular flexibility index (Phi) is 3.56. The van der Waals surface area contributed by atoms with E-state index in [4.69, 9.17) is 5.73 Å². The number of rotatable bonds is 3. The smallest absolute Gasteiger partial charge is 0.257 e. The van der Waals surface area contributed by atoms with E-state index in [1.165, 1.54) is 18.5 Å². The fraction of sp³-hybridized carbons (Fsp3) is 0.0714. The second-order valence-corrected chi connectivity index (χ2v) is 4.10. The first-order valence-corrected chi connectivity index (χ1v) is 5.70. The summed E-state index contributed by atoms with van der Waals surface area (Å²) < 4.78 is 0. The molecule has 0 fully saturated rings. The molecule has 1 aromatic heterocycles. The van der Waals surface area contributed by atoms with Gasteiger partial charge in [0.05, 0.1) is 11.1 Å². The Morgan fingerprint density at radius 2 is 1.84 bits per heavy atom. The predicted octanol–water partition coefficient (Wildman–Crippen LogP) is 1.74. The van der Waals surface area contributed by atoms with E-state index in [1.807, 2.05) is 25.1 Å². The molecule has 0 radical (unpaired) electrons. The van der Waals surface area contributed by atoms with Crippen LogP contribution in [0.5, 0.6) is 0 Å². The normalized spacial score (nSPS) is 9.95. The van der Waals surface area contributed by atoms with Gasteiger partial charge in [-0.3, -0.25) is 14.6 Å². The summed E-state index contributed by atoms with van der Waals surface area (Å²) in [5, 5.41) is 2.76. The molecule has 0 aliphatic heterocycles. The summed E-state index contributed by atoms with van der Waals surface area (Å²) in [6.07, 6.45) is 2.72. The number of benzene rings is 1. The van der Waals surface area contributed by atoms with Crippen LogP contribution in [0.15, 0.2) is 42.7 Å². The summed E-state index contributed by atoms with van der Waals surface area (Å²) in [6.45, 7) is 1.90. The number of aryl methyl sites for hydroxylation is 1. The Bertz CT molecular complexity index is 638. The fourth-order valence-corrected chi connectivity index (χ4v) is 1.61. The molecular weight excluding hydrogens is 242 g/mol. The van der Waals surface area contributed by atoms with Gasteiger partial charge in [0.25, 0.3) is 5.91 Å². The van der Waals surface area contributed by atoms with Crippen LogP contribution in [0, 0.1) is 6.92 Å². The van der Waals surface area contributed by atoms with E-state index in [9.17, 15) is 9.59 Å². The molecule has 0 aliphatic carbocycles. The van der Waals surface area contributed by atoms with E-state index in [-0.39, 0.29) is 11.5 Å². The van der Waals surface area contributed by atoms with E-state index in [0.717, 1.165) is 11.3 Å². The van der Waals surface area contributed by atoms with Crippen molar-refractivity contribution in [2.45, 2.75) is 6.92 Å². The molecule has 2 aromatic rings. The van der Waals surface area contributed by atoms with Gasteiger partial charge in [-0.1, -0.05) is 18.2 Å². The number of primary amides is 1. The highest BCUT2D eigenvalue weighted by atomic mass is 16.2. The number of pyridine rings is 1. The minimum atomic E-state index is -0.613. The molecule has 5 heteroatoms. The van der Waals surface area contributed by atoms with Crippen molar-refractivity contribution in [3.05, 3.63) is 59.4 Å². The van der Waals surface area contributed by atoms with Crippen molar-refractivity contribution < 1.29 is 9.59 Å². The van der Waals surface area contributed by atoms with E-state index in [2.05, 4.69) is 10.3 Å². The number of nitrogens with two attached hydrogens (primary N) is 1. The van der Waals surface area contributed by atoms with Crippen LogP contribution in [0.25, 0.3) is 0 Å². The molecule has 5 nitrogen and oxygen atoms in total. The number of nitrogens with zero attached hydrogens (tertiary/aromatic N) is 1. The van der Waals surface area contributed by atoms with Gasteiger partial charge in [-0.25, -0.2) is 0 Å². The standard InChI is InChI=1S/C14H13N3O2/c1-9-4-2-3-5-12(9)17-14(19)11-6-10(13(15)18)7-16-8-11/h2-8H,1H3,(H2,15,18)(H,17,19). The van der Waals surface area contributed by atoms with Crippen LogP contribution in [0.4, 0.5) is 5.69 Å². The average Bonchev–Trinajstić information content (AvgIpc) is 2.41. The quantitative estimate of drug-likeness (QED) is 0.876. The van der Waals surface area contributed by atoms with Crippen molar-refractivity contribution in [2.24, 2.45) is 5.73 Å². The topological polar surface area (TPSA) is 85.1 Å². The van der Waals surface area contributed by atoms with Crippen LogP contribution in [0.1, 0.15) is 26.3 Å². The first-order valence-electron chi connectivity index (χ1n) is 5.70. The fourth-order valence-electron chi connectivity index (χ4n) is 1.61. The maximum atomic E-state index is 12.0. The average molecular weight is 255 g/mol. The Morgan fingerprint density at radius 1 is 1.16 bits per heavy atom. The van der Waals surface area contributed by atoms with Crippen molar-refractivity contribution in [1.82, 2.24) is 4.98 Å². The third-order valence-corrected chi connectivity index (χ3v) is 2.68. The molecule has 0 unspecified atom stereocenters. The highest BCUT2D eigenvalue weighted by Crippen LogP contribution is 2.14. The van der Waals surface area contributed by atoms with E-state index in [0.29, 0.717) is 5.56 Å². The molecule has 96 valence electrons. The Hall–Kier alpha value is -2.69. The van der Waals surface area contributed by atoms with E-state index < -0.39 is 5.91 Å². The first-order chi connectivity index (χ1) is 9.08. The highest BCUT2D eigenvalue weighted by Gasteiger charge is 2.10. The summed E-state index contributed by atoms with van der Waals surface area (Å²) in [7, 11) is 0. The molecule has 0 saturated carbocycles. The number of amides is 2. The lowest BCUT2D eigenvalue weighted by molar-refractivity contribution is 0.1000. The summed E-state index contributed by atoms with van der Waals surface area (Å²) in [5.74, 6) is -0.942. The monoisotopic (exact) mass is 255 g/mol. The first kappa shape index (κ1) is 12.8. The molecule has 0 spiro atoms. The van der Waals surface area contributed by atoms with Crippen LogP contribution in [-0.2, 0) is 0 Å². The Balaban J connectivity index is 2.23. The van der Waals surface area contributed by atoms with Crippen LogP contribution >= 0.6 is 0 Å². The zero-order chi connectivity index (χ0) is 13.8. The number of hydrogen-bond acceptors (Lipinski definition) is 3. The second-order valence-electron chi connectivity index (χ2n) is 4.10. The molecule has 0 bridgehead atoms. The summed E-state index contributed by atoms with van der Waals surface area (Å²) >= 11 is 0. The summed E-state index contributed by atoms with van der Waals surface area (Å²) in [6, 6.07) is 8.84. The van der Waals surface area contributed by atoms with Gasteiger partial charge in [0, 0.05) is 18.1 Å². The zero-order valence-corrected chi connectivity index (χ0v) is 10.4. The van der Waals surface area contributed by atoms with Gasteiger partial charge in [0.2, 0.25) is 5.91 Å². The molecule has 0 aliphatic rings. The van der Waals surface area contributed by atoms with Gasteiger partial charge >= 0.3 is 0 Å². The van der Waals surface area contributed by atoms with Crippen LogP contribution in [0.2, 0.25) is 0 Å². The van der Waals surface area contributed by atoms with E-state index >= 15 is 0 Å². The highest BCUT2D eigenvalue weighted by molar-refractivity contribution is 6.05. The number of aromatic nitrogens is 1. The van der Waals surface area contributed by atoms with Gasteiger partial charge in [-0.05, 0) is 24.6 Å². The van der Waals surface area contributed by atoms with Gasteiger partial charge in [0.1, 0.15) is 0 Å². The van der Waals surface area contributed by atoms with Crippen molar-refractivity contribution in [1.29, 1.82) is 0 Å². The lowest BCUT2D eigenvalue weighted by atomic mass is 10.1. The molecule has 1 heterocycles. The van der Waals surface area contributed by atoms with Gasteiger partial charge in [-0.2, -0.15) is 0 Å². The minimum Gasteiger partial charge on any atom is -0.366 e. The summed E-state index contributed by atoms with van der Waals surface area (Å²) in [5.41, 5.74) is 7.32. The third-order valence-electron chi connectivity index (χ3n) is 2.68. The molecule has 2 rings (SSSR count). The van der Waals surface area contributed by atoms with Gasteiger partial charge in [0.15, 0.2) is 0 Å². The minimum absolute atomic E-state index is 0.206.